The average Bonchev–Trinajstić information content (AvgIpc) is 2.49. The van der Waals surface area contributed by atoms with Gasteiger partial charge in [0.2, 0.25) is 0 Å². The van der Waals surface area contributed by atoms with Crippen LogP contribution in [0.2, 0.25) is 0 Å². The first kappa shape index (κ1) is 15.3. The third-order valence-electron chi connectivity index (χ3n) is 3.10. The number of nitrogens with one attached hydrogen (secondary N) is 1. The van der Waals surface area contributed by atoms with Crippen LogP contribution in [0, 0.1) is 0 Å². The normalized spacial score (nSPS) is 10.3. The molecule has 0 unspecified atom stereocenters. The van der Waals surface area contributed by atoms with Crippen molar-refractivity contribution in [2.45, 2.75) is 19.9 Å². The number of hydrogen-bond acceptors (Lipinski definition) is 3. The molecule has 0 atom stereocenters. The summed E-state index contributed by atoms with van der Waals surface area (Å²) in [6, 6.07) is 18.0. The van der Waals surface area contributed by atoms with E-state index in [0.29, 0.717) is 13.0 Å². The Hall–Kier alpha value is -2.13. The van der Waals surface area contributed by atoms with E-state index in [0.717, 1.165) is 24.4 Å². The standard InChI is InChI=1S/C18H21NO2/c1-15(20)13-16-7-9-18(10-8-16)21-12-11-19-14-17-5-3-2-4-6-17/h2-10,19H,11-14H2,1H3. The second-order valence-corrected chi connectivity index (χ2v) is 5.03. The maximum Gasteiger partial charge on any atom is 0.134 e. The molecular weight excluding hydrogens is 262 g/mol. The number of benzene rings is 2. The highest BCUT2D eigenvalue weighted by Crippen LogP contribution is 2.12. The minimum atomic E-state index is 0.175. The Morgan fingerprint density at radius 2 is 1.71 bits per heavy atom. The monoisotopic (exact) mass is 283 g/mol. The first-order valence-corrected chi connectivity index (χ1v) is 7.20. The second-order valence-electron chi connectivity index (χ2n) is 5.03. The van der Waals surface area contributed by atoms with Gasteiger partial charge in [0.05, 0.1) is 0 Å². The Morgan fingerprint density at radius 1 is 1.00 bits per heavy atom. The van der Waals surface area contributed by atoms with Crippen molar-refractivity contribution in [1.29, 1.82) is 0 Å². The van der Waals surface area contributed by atoms with Gasteiger partial charge in [0.15, 0.2) is 0 Å². The van der Waals surface area contributed by atoms with Crippen LogP contribution < -0.4 is 10.1 Å². The quantitative estimate of drug-likeness (QED) is 0.757. The molecule has 3 heteroatoms. The molecule has 0 aliphatic carbocycles. The summed E-state index contributed by atoms with van der Waals surface area (Å²) in [5, 5.41) is 3.34. The van der Waals surface area contributed by atoms with Crippen molar-refractivity contribution >= 4 is 5.78 Å². The highest BCUT2D eigenvalue weighted by molar-refractivity contribution is 5.78. The zero-order chi connectivity index (χ0) is 14.9. The van der Waals surface area contributed by atoms with Crippen molar-refractivity contribution in [2.75, 3.05) is 13.2 Å². The maximum atomic E-state index is 11.0. The second kappa shape index (κ2) is 8.22. The molecule has 1 N–H and O–H groups in total. The van der Waals surface area contributed by atoms with Crippen LogP contribution in [-0.4, -0.2) is 18.9 Å². The molecule has 0 saturated heterocycles. The van der Waals surface area contributed by atoms with Crippen molar-refractivity contribution in [2.24, 2.45) is 0 Å². The van der Waals surface area contributed by atoms with Gasteiger partial charge in [0.25, 0.3) is 0 Å². The molecule has 0 aliphatic rings. The van der Waals surface area contributed by atoms with Gasteiger partial charge in [-0.2, -0.15) is 0 Å². The molecule has 0 spiro atoms. The topological polar surface area (TPSA) is 38.3 Å². The predicted molar refractivity (Wildman–Crippen MR) is 84.5 cm³/mol. The fourth-order valence-electron chi connectivity index (χ4n) is 2.06. The van der Waals surface area contributed by atoms with Crippen LogP contribution in [-0.2, 0) is 17.8 Å². The van der Waals surface area contributed by atoms with E-state index in [9.17, 15) is 4.79 Å². The number of ketones is 1. The van der Waals surface area contributed by atoms with Crippen molar-refractivity contribution in [3.8, 4) is 5.75 Å². The molecule has 0 aromatic heterocycles. The van der Waals surface area contributed by atoms with E-state index in [1.54, 1.807) is 6.92 Å². The zero-order valence-electron chi connectivity index (χ0n) is 12.3. The summed E-state index contributed by atoms with van der Waals surface area (Å²) < 4.78 is 5.66. The zero-order valence-corrected chi connectivity index (χ0v) is 12.3. The highest BCUT2D eigenvalue weighted by atomic mass is 16.5. The van der Waals surface area contributed by atoms with Crippen LogP contribution in [0.1, 0.15) is 18.1 Å². The van der Waals surface area contributed by atoms with Gasteiger partial charge >= 0.3 is 0 Å². The molecule has 0 radical (unpaired) electrons. The van der Waals surface area contributed by atoms with E-state index in [1.165, 1.54) is 5.56 Å². The van der Waals surface area contributed by atoms with E-state index in [1.807, 2.05) is 42.5 Å². The van der Waals surface area contributed by atoms with Crippen LogP contribution in [0.15, 0.2) is 54.6 Å². The molecule has 2 aromatic carbocycles. The SMILES string of the molecule is CC(=O)Cc1ccc(OCCNCc2ccccc2)cc1. The van der Waals surface area contributed by atoms with E-state index in [-0.39, 0.29) is 5.78 Å². The Balaban J connectivity index is 1.65. The third kappa shape index (κ3) is 5.79. The van der Waals surface area contributed by atoms with Gasteiger partial charge in [-0.15, -0.1) is 0 Å². The van der Waals surface area contributed by atoms with Crippen LogP contribution >= 0.6 is 0 Å². The number of hydrogen-bond donors (Lipinski definition) is 1. The number of Topliss-reactive ketones (excluding diaryl/α,β-unsaturated/α-hetero) is 1. The first-order chi connectivity index (χ1) is 10.2. The summed E-state index contributed by atoms with van der Waals surface area (Å²) in [6.07, 6.45) is 0.485. The Bertz CT molecular complexity index is 549. The lowest BCUT2D eigenvalue weighted by Crippen LogP contribution is -2.20. The maximum absolute atomic E-state index is 11.0. The van der Waals surface area contributed by atoms with E-state index in [2.05, 4.69) is 17.4 Å². The molecule has 2 aromatic rings. The van der Waals surface area contributed by atoms with Crippen molar-refractivity contribution in [1.82, 2.24) is 5.32 Å². The van der Waals surface area contributed by atoms with Crippen molar-refractivity contribution in [3.05, 3.63) is 65.7 Å². The van der Waals surface area contributed by atoms with Crippen LogP contribution in [0.3, 0.4) is 0 Å². The minimum Gasteiger partial charge on any atom is -0.492 e. The highest BCUT2D eigenvalue weighted by Gasteiger charge is 1.99. The molecule has 0 saturated carbocycles. The molecule has 0 aliphatic heterocycles. The summed E-state index contributed by atoms with van der Waals surface area (Å²) in [5.41, 5.74) is 2.29. The largest absolute Gasteiger partial charge is 0.492 e. The molecule has 0 bridgehead atoms. The van der Waals surface area contributed by atoms with Crippen molar-refractivity contribution in [3.63, 3.8) is 0 Å². The molecule has 21 heavy (non-hydrogen) atoms. The number of carbonyl (C=O) groups excluding carboxylic acids is 1. The Labute approximate surface area is 126 Å². The van der Waals surface area contributed by atoms with Crippen LogP contribution in [0.25, 0.3) is 0 Å². The summed E-state index contributed by atoms with van der Waals surface area (Å²) in [5.74, 6) is 1.01. The van der Waals surface area contributed by atoms with Gasteiger partial charge in [0, 0.05) is 19.5 Å². The fourth-order valence-corrected chi connectivity index (χ4v) is 2.06. The summed E-state index contributed by atoms with van der Waals surface area (Å²) in [6.45, 7) is 3.87. The summed E-state index contributed by atoms with van der Waals surface area (Å²) in [4.78, 5) is 11.0. The first-order valence-electron chi connectivity index (χ1n) is 7.20. The van der Waals surface area contributed by atoms with Gasteiger partial charge in [-0.25, -0.2) is 0 Å². The van der Waals surface area contributed by atoms with E-state index < -0.39 is 0 Å². The van der Waals surface area contributed by atoms with Crippen LogP contribution in [0.5, 0.6) is 5.75 Å². The lowest BCUT2D eigenvalue weighted by molar-refractivity contribution is -0.116. The summed E-state index contributed by atoms with van der Waals surface area (Å²) in [7, 11) is 0. The molecule has 0 amide bonds. The minimum absolute atomic E-state index is 0.175. The molecule has 2 rings (SSSR count). The van der Waals surface area contributed by atoms with Gasteiger partial charge < -0.3 is 10.1 Å². The molecule has 110 valence electrons. The van der Waals surface area contributed by atoms with E-state index >= 15 is 0 Å². The van der Waals surface area contributed by atoms with Gasteiger partial charge in [-0.3, -0.25) is 4.79 Å². The molecular formula is C18H21NO2. The van der Waals surface area contributed by atoms with Crippen LogP contribution in [0.4, 0.5) is 0 Å². The number of carbonyl (C=O) groups is 1. The lowest BCUT2D eigenvalue weighted by Gasteiger charge is -2.08. The third-order valence-corrected chi connectivity index (χ3v) is 3.10. The smallest absolute Gasteiger partial charge is 0.134 e. The molecule has 0 fully saturated rings. The van der Waals surface area contributed by atoms with E-state index in [4.69, 9.17) is 4.74 Å². The number of ether oxygens (including phenoxy) is 1. The van der Waals surface area contributed by atoms with Gasteiger partial charge in [-0.05, 0) is 30.2 Å². The van der Waals surface area contributed by atoms with Crippen molar-refractivity contribution < 1.29 is 9.53 Å². The lowest BCUT2D eigenvalue weighted by atomic mass is 10.1. The average molecular weight is 283 g/mol. The van der Waals surface area contributed by atoms with Gasteiger partial charge in [0.1, 0.15) is 18.1 Å². The number of rotatable bonds is 8. The predicted octanol–water partition coefficient (Wildman–Crippen LogP) is 2.99. The van der Waals surface area contributed by atoms with Gasteiger partial charge in [-0.1, -0.05) is 42.5 Å². The summed E-state index contributed by atoms with van der Waals surface area (Å²) >= 11 is 0. The Morgan fingerprint density at radius 3 is 2.38 bits per heavy atom. The fraction of sp³-hybridized carbons (Fsp3) is 0.278. The molecule has 3 nitrogen and oxygen atoms in total. The Kier molecular flexibility index (Phi) is 5.98. The molecule has 0 heterocycles.